The van der Waals surface area contributed by atoms with E-state index in [0.717, 1.165) is 17.5 Å². The van der Waals surface area contributed by atoms with E-state index in [2.05, 4.69) is 5.32 Å². The Labute approximate surface area is 151 Å². The summed E-state index contributed by atoms with van der Waals surface area (Å²) < 4.78 is 5.16. The van der Waals surface area contributed by atoms with Crippen LogP contribution in [0.2, 0.25) is 0 Å². The van der Waals surface area contributed by atoms with Crippen molar-refractivity contribution in [2.75, 3.05) is 6.54 Å². The first kappa shape index (κ1) is 21.5. The molecule has 0 radical (unpaired) electrons. The van der Waals surface area contributed by atoms with Crippen molar-refractivity contribution in [3.63, 3.8) is 0 Å². The Balaban J connectivity index is 2.46. The van der Waals surface area contributed by atoms with Crippen LogP contribution in [0.1, 0.15) is 64.7 Å². The summed E-state index contributed by atoms with van der Waals surface area (Å²) in [6.45, 7) is 9.77. The normalized spacial score (nSPS) is 14.2. The molecule has 0 spiro atoms. The lowest BCUT2D eigenvalue weighted by molar-refractivity contribution is 0.0518. The Morgan fingerprint density at radius 2 is 1.88 bits per heavy atom. The molecule has 25 heavy (non-hydrogen) atoms. The average molecular weight is 351 g/mol. The van der Waals surface area contributed by atoms with Gasteiger partial charge in [-0.3, -0.25) is 0 Å². The fourth-order valence-corrected chi connectivity index (χ4v) is 2.40. The zero-order chi connectivity index (χ0) is 19.0. The van der Waals surface area contributed by atoms with E-state index in [1.807, 2.05) is 58.9 Å². The van der Waals surface area contributed by atoms with Gasteiger partial charge in [-0.25, -0.2) is 4.79 Å². The average Bonchev–Trinajstić information content (AvgIpc) is 2.50. The van der Waals surface area contributed by atoms with E-state index in [1.165, 1.54) is 0 Å². The van der Waals surface area contributed by atoms with E-state index in [0.29, 0.717) is 19.4 Å². The van der Waals surface area contributed by atoms with E-state index in [-0.39, 0.29) is 12.0 Å². The zero-order valence-electron chi connectivity index (χ0n) is 16.1. The number of amides is 1. The summed E-state index contributed by atoms with van der Waals surface area (Å²) in [6.07, 6.45) is 0.456. The summed E-state index contributed by atoms with van der Waals surface area (Å²) in [5.74, 6) is 0.243. The Hall–Kier alpha value is -1.59. The summed E-state index contributed by atoms with van der Waals surface area (Å²) >= 11 is 0. The molecule has 142 valence electrons. The number of carbonyl (C=O) groups excluding carboxylic acids is 1. The minimum Gasteiger partial charge on any atom is -0.444 e. The van der Waals surface area contributed by atoms with Gasteiger partial charge in [-0.15, -0.1) is 0 Å². The maximum Gasteiger partial charge on any atom is 0.407 e. The maximum absolute atomic E-state index is 11.6. The van der Waals surface area contributed by atoms with Crippen LogP contribution in [0.15, 0.2) is 24.3 Å². The number of nitrogens with one attached hydrogen (secondary N) is 1. The van der Waals surface area contributed by atoms with E-state index in [9.17, 15) is 15.0 Å². The predicted octanol–water partition coefficient (Wildman–Crippen LogP) is 3.58. The summed E-state index contributed by atoms with van der Waals surface area (Å²) in [5.41, 5.74) is 1.39. The number of carbonyl (C=O) groups is 1. The molecular formula is C20H33NO4. The van der Waals surface area contributed by atoms with E-state index in [1.54, 1.807) is 0 Å². The van der Waals surface area contributed by atoms with Crippen molar-refractivity contribution in [2.24, 2.45) is 5.92 Å². The van der Waals surface area contributed by atoms with Crippen LogP contribution >= 0.6 is 0 Å². The van der Waals surface area contributed by atoms with E-state index in [4.69, 9.17) is 4.74 Å². The molecular weight excluding hydrogens is 318 g/mol. The van der Waals surface area contributed by atoms with Crippen molar-refractivity contribution < 1.29 is 19.7 Å². The number of aliphatic hydroxyl groups is 2. The van der Waals surface area contributed by atoms with Gasteiger partial charge in [-0.05, 0) is 57.1 Å². The quantitative estimate of drug-likeness (QED) is 0.669. The molecule has 5 heteroatoms. The second-order valence-electron chi connectivity index (χ2n) is 7.83. The second kappa shape index (κ2) is 9.78. The first-order valence-corrected chi connectivity index (χ1v) is 9.00. The monoisotopic (exact) mass is 351 g/mol. The second-order valence-corrected chi connectivity index (χ2v) is 7.83. The zero-order valence-corrected chi connectivity index (χ0v) is 16.1. The van der Waals surface area contributed by atoms with Gasteiger partial charge >= 0.3 is 6.09 Å². The fourth-order valence-electron chi connectivity index (χ4n) is 2.40. The summed E-state index contributed by atoms with van der Waals surface area (Å²) in [5, 5.41) is 22.9. The Kier molecular flexibility index (Phi) is 8.39. The lowest BCUT2D eigenvalue weighted by Gasteiger charge is -2.20. The molecule has 1 rings (SSSR count). The minimum absolute atomic E-state index is 0.243. The molecule has 1 aromatic rings. The Morgan fingerprint density at radius 1 is 1.20 bits per heavy atom. The highest BCUT2D eigenvalue weighted by Gasteiger charge is 2.16. The van der Waals surface area contributed by atoms with E-state index < -0.39 is 17.8 Å². The van der Waals surface area contributed by atoms with Crippen LogP contribution in [0.5, 0.6) is 0 Å². The summed E-state index contributed by atoms with van der Waals surface area (Å²) in [6, 6.07) is 7.75. The van der Waals surface area contributed by atoms with Crippen LogP contribution in [0.25, 0.3) is 0 Å². The van der Waals surface area contributed by atoms with Gasteiger partial charge in [-0.2, -0.15) is 0 Å². The lowest BCUT2D eigenvalue weighted by atomic mass is 9.97. The standard InChI is InChI=1S/C20H33NO4/c1-14(2)17(22)10-9-15-7-6-8-16(13-15)18(23)11-12-21-19(24)25-20(3,4)5/h6-8,13-14,17-18,22-23H,9-12H2,1-5H3,(H,21,24). The molecule has 5 nitrogen and oxygen atoms in total. The molecule has 1 amide bonds. The smallest absolute Gasteiger partial charge is 0.407 e. The molecule has 2 unspecified atom stereocenters. The van der Waals surface area contributed by atoms with Crippen LogP contribution in [0, 0.1) is 5.92 Å². The number of benzene rings is 1. The summed E-state index contributed by atoms with van der Waals surface area (Å²) in [7, 11) is 0. The number of alkyl carbamates (subject to hydrolysis) is 1. The molecule has 0 aliphatic heterocycles. The molecule has 0 bridgehead atoms. The van der Waals surface area contributed by atoms with Crippen molar-refractivity contribution >= 4 is 6.09 Å². The number of aryl methyl sites for hydroxylation is 1. The van der Waals surface area contributed by atoms with Crippen molar-refractivity contribution in [1.82, 2.24) is 5.32 Å². The molecule has 0 saturated heterocycles. The van der Waals surface area contributed by atoms with Gasteiger partial charge in [0.15, 0.2) is 0 Å². The Bertz CT molecular complexity index is 537. The SMILES string of the molecule is CC(C)C(O)CCc1cccc(C(O)CCNC(=O)OC(C)(C)C)c1. The van der Waals surface area contributed by atoms with Gasteiger partial charge in [0.1, 0.15) is 5.60 Å². The molecule has 0 saturated carbocycles. The molecule has 0 fully saturated rings. The topological polar surface area (TPSA) is 78.8 Å². The first-order chi connectivity index (χ1) is 11.6. The molecule has 0 heterocycles. The minimum atomic E-state index is -0.648. The molecule has 0 aromatic heterocycles. The van der Waals surface area contributed by atoms with Crippen LogP contribution in [-0.2, 0) is 11.2 Å². The van der Waals surface area contributed by atoms with Gasteiger partial charge in [-0.1, -0.05) is 38.1 Å². The molecule has 0 aliphatic rings. The highest BCUT2D eigenvalue weighted by Crippen LogP contribution is 2.19. The third-order valence-electron chi connectivity index (χ3n) is 3.92. The number of aliphatic hydroxyl groups excluding tert-OH is 2. The van der Waals surface area contributed by atoms with Crippen LogP contribution in [-0.4, -0.2) is 34.6 Å². The number of rotatable bonds is 8. The van der Waals surface area contributed by atoms with Crippen molar-refractivity contribution in [1.29, 1.82) is 0 Å². The van der Waals surface area contributed by atoms with Crippen LogP contribution < -0.4 is 5.32 Å². The molecule has 3 N–H and O–H groups in total. The fraction of sp³-hybridized carbons (Fsp3) is 0.650. The third-order valence-corrected chi connectivity index (χ3v) is 3.92. The lowest BCUT2D eigenvalue weighted by Crippen LogP contribution is -2.33. The number of ether oxygens (including phenoxy) is 1. The van der Waals surface area contributed by atoms with Crippen LogP contribution in [0.4, 0.5) is 4.79 Å². The first-order valence-electron chi connectivity index (χ1n) is 9.00. The molecule has 1 aromatic carbocycles. The highest BCUT2D eigenvalue weighted by atomic mass is 16.6. The third kappa shape index (κ3) is 8.89. The van der Waals surface area contributed by atoms with Gasteiger partial charge in [0, 0.05) is 6.54 Å². The van der Waals surface area contributed by atoms with Crippen LogP contribution in [0.3, 0.4) is 0 Å². The Morgan fingerprint density at radius 3 is 2.48 bits per heavy atom. The number of hydrogen-bond acceptors (Lipinski definition) is 4. The van der Waals surface area contributed by atoms with E-state index >= 15 is 0 Å². The highest BCUT2D eigenvalue weighted by molar-refractivity contribution is 5.67. The van der Waals surface area contributed by atoms with Gasteiger partial charge in [0.05, 0.1) is 12.2 Å². The largest absolute Gasteiger partial charge is 0.444 e. The predicted molar refractivity (Wildman–Crippen MR) is 99.4 cm³/mol. The molecule has 2 atom stereocenters. The van der Waals surface area contributed by atoms with Crippen molar-refractivity contribution in [3.05, 3.63) is 35.4 Å². The summed E-state index contributed by atoms with van der Waals surface area (Å²) in [4.78, 5) is 11.6. The van der Waals surface area contributed by atoms with Crippen molar-refractivity contribution in [2.45, 2.75) is 71.7 Å². The molecule has 0 aliphatic carbocycles. The van der Waals surface area contributed by atoms with Gasteiger partial charge < -0.3 is 20.3 Å². The van der Waals surface area contributed by atoms with Gasteiger partial charge in [0.25, 0.3) is 0 Å². The maximum atomic E-state index is 11.6. The number of hydrogen-bond donors (Lipinski definition) is 3. The van der Waals surface area contributed by atoms with Gasteiger partial charge in [0.2, 0.25) is 0 Å². The van der Waals surface area contributed by atoms with Crippen molar-refractivity contribution in [3.8, 4) is 0 Å².